The Morgan fingerprint density at radius 1 is 1.24 bits per heavy atom. The van der Waals surface area contributed by atoms with Gasteiger partial charge in [0.1, 0.15) is 0 Å². The van der Waals surface area contributed by atoms with Crippen LogP contribution in [-0.4, -0.2) is 37.2 Å². The summed E-state index contributed by atoms with van der Waals surface area (Å²) in [5.41, 5.74) is 2.77. The van der Waals surface area contributed by atoms with Crippen LogP contribution in [0.15, 0.2) is 24.3 Å². The predicted octanol–water partition coefficient (Wildman–Crippen LogP) is 3.04. The Hall–Kier alpha value is -0.900. The molecule has 0 aliphatic carbocycles. The lowest BCUT2D eigenvalue weighted by molar-refractivity contribution is 0.0668. The van der Waals surface area contributed by atoms with E-state index in [4.69, 9.17) is 4.74 Å². The highest BCUT2D eigenvalue weighted by molar-refractivity contribution is 5.22. The van der Waals surface area contributed by atoms with Crippen molar-refractivity contribution in [1.29, 1.82) is 0 Å². The zero-order valence-electron chi connectivity index (χ0n) is 13.8. The fraction of sp³-hybridized carbons (Fsp3) is 0.667. The third-order valence-corrected chi connectivity index (χ3v) is 3.85. The van der Waals surface area contributed by atoms with Crippen molar-refractivity contribution in [2.45, 2.75) is 46.4 Å². The van der Waals surface area contributed by atoms with Gasteiger partial charge < -0.3 is 10.1 Å². The molecular formula is C18H30N2O. The smallest absolute Gasteiger partial charge is 0.0674 e. The SMILES string of the molecule is CC(C)CNCc1ccc(CN2CCCOC(C)C2)cc1. The molecule has 1 fully saturated rings. The highest BCUT2D eigenvalue weighted by Crippen LogP contribution is 2.12. The van der Waals surface area contributed by atoms with Gasteiger partial charge in [0.15, 0.2) is 0 Å². The molecule has 0 saturated carbocycles. The first kappa shape index (κ1) is 16.5. The lowest BCUT2D eigenvalue weighted by Gasteiger charge is -2.21. The first-order valence-corrected chi connectivity index (χ1v) is 8.26. The van der Waals surface area contributed by atoms with Crippen LogP contribution in [0.1, 0.15) is 38.3 Å². The van der Waals surface area contributed by atoms with Gasteiger partial charge in [0.05, 0.1) is 6.10 Å². The maximum Gasteiger partial charge on any atom is 0.0674 e. The molecule has 1 aromatic rings. The van der Waals surface area contributed by atoms with Crippen LogP contribution in [-0.2, 0) is 17.8 Å². The molecule has 0 radical (unpaired) electrons. The molecule has 0 bridgehead atoms. The van der Waals surface area contributed by atoms with Crippen molar-refractivity contribution in [3.8, 4) is 0 Å². The quantitative estimate of drug-likeness (QED) is 0.871. The van der Waals surface area contributed by atoms with Crippen LogP contribution < -0.4 is 5.32 Å². The second-order valence-electron chi connectivity index (χ2n) is 6.61. The van der Waals surface area contributed by atoms with E-state index in [9.17, 15) is 0 Å². The number of nitrogens with zero attached hydrogens (tertiary/aromatic N) is 1. The lowest BCUT2D eigenvalue weighted by Crippen LogP contribution is -2.29. The molecule has 118 valence electrons. The molecule has 0 aromatic heterocycles. The number of hydrogen-bond donors (Lipinski definition) is 1. The summed E-state index contributed by atoms with van der Waals surface area (Å²) >= 11 is 0. The van der Waals surface area contributed by atoms with Gasteiger partial charge in [0.2, 0.25) is 0 Å². The Kier molecular flexibility index (Phi) is 6.68. The van der Waals surface area contributed by atoms with Gasteiger partial charge in [-0.15, -0.1) is 0 Å². The van der Waals surface area contributed by atoms with E-state index in [-0.39, 0.29) is 0 Å². The van der Waals surface area contributed by atoms with E-state index < -0.39 is 0 Å². The minimum absolute atomic E-state index is 0.354. The van der Waals surface area contributed by atoms with Crippen LogP contribution in [0.3, 0.4) is 0 Å². The van der Waals surface area contributed by atoms with Crippen molar-refractivity contribution in [3.05, 3.63) is 35.4 Å². The Bertz CT molecular complexity index is 402. The molecule has 0 spiro atoms. The minimum Gasteiger partial charge on any atom is -0.377 e. The Labute approximate surface area is 129 Å². The van der Waals surface area contributed by atoms with E-state index in [1.165, 1.54) is 11.1 Å². The van der Waals surface area contributed by atoms with E-state index in [0.717, 1.165) is 45.8 Å². The number of benzene rings is 1. The van der Waals surface area contributed by atoms with E-state index in [0.29, 0.717) is 12.0 Å². The first-order valence-electron chi connectivity index (χ1n) is 8.26. The normalized spacial score (nSPS) is 20.7. The molecule has 0 amide bonds. The lowest BCUT2D eigenvalue weighted by atomic mass is 10.1. The van der Waals surface area contributed by atoms with Crippen molar-refractivity contribution in [1.82, 2.24) is 10.2 Å². The monoisotopic (exact) mass is 290 g/mol. The molecule has 2 rings (SSSR count). The summed E-state index contributed by atoms with van der Waals surface area (Å²) in [6.07, 6.45) is 1.49. The summed E-state index contributed by atoms with van der Waals surface area (Å²) in [7, 11) is 0. The summed E-state index contributed by atoms with van der Waals surface area (Å²) < 4.78 is 5.70. The van der Waals surface area contributed by atoms with Crippen molar-refractivity contribution in [2.75, 3.05) is 26.2 Å². The largest absolute Gasteiger partial charge is 0.377 e. The molecule has 1 aliphatic heterocycles. The van der Waals surface area contributed by atoms with Crippen LogP contribution >= 0.6 is 0 Å². The van der Waals surface area contributed by atoms with Crippen molar-refractivity contribution in [2.24, 2.45) is 5.92 Å². The third kappa shape index (κ3) is 6.16. The molecule has 3 nitrogen and oxygen atoms in total. The predicted molar refractivity (Wildman–Crippen MR) is 88.3 cm³/mol. The van der Waals surface area contributed by atoms with Gasteiger partial charge >= 0.3 is 0 Å². The second-order valence-corrected chi connectivity index (χ2v) is 6.61. The van der Waals surface area contributed by atoms with Gasteiger partial charge in [0.25, 0.3) is 0 Å². The molecular weight excluding hydrogens is 260 g/mol. The van der Waals surface area contributed by atoms with E-state index >= 15 is 0 Å². The fourth-order valence-electron chi connectivity index (χ4n) is 2.75. The molecule has 21 heavy (non-hydrogen) atoms. The summed E-state index contributed by atoms with van der Waals surface area (Å²) in [6, 6.07) is 9.03. The van der Waals surface area contributed by atoms with Crippen LogP contribution in [0.4, 0.5) is 0 Å². The summed E-state index contributed by atoms with van der Waals surface area (Å²) in [6.45, 7) is 12.8. The van der Waals surface area contributed by atoms with E-state index in [1.807, 2.05) is 0 Å². The van der Waals surface area contributed by atoms with Crippen LogP contribution in [0.5, 0.6) is 0 Å². The number of ether oxygens (including phenoxy) is 1. The molecule has 1 unspecified atom stereocenters. The molecule has 1 N–H and O–H groups in total. The first-order chi connectivity index (χ1) is 10.1. The van der Waals surface area contributed by atoms with Crippen molar-refractivity contribution < 1.29 is 4.74 Å². The van der Waals surface area contributed by atoms with Gasteiger partial charge in [-0.25, -0.2) is 0 Å². The van der Waals surface area contributed by atoms with Gasteiger partial charge in [-0.3, -0.25) is 4.90 Å². The molecule has 3 heteroatoms. The standard InChI is InChI=1S/C18H30N2O/c1-15(2)11-19-12-17-5-7-18(8-6-17)14-20-9-4-10-21-16(3)13-20/h5-8,15-16,19H,4,9-14H2,1-3H3. The van der Waals surface area contributed by atoms with Crippen LogP contribution in [0.2, 0.25) is 0 Å². The number of hydrogen-bond acceptors (Lipinski definition) is 3. The Morgan fingerprint density at radius 3 is 2.67 bits per heavy atom. The Morgan fingerprint density at radius 2 is 1.95 bits per heavy atom. The van der Waals surface area contributed by atoms with E-state index in [2.05, 4.69) is 55.3 Å². The highest BCUT2D eigenvalue weighted by Gasteiger charge is 2.14. The molecule has 1 heterocycles. The topological polar surface area (TPSA) is 24.5 Å². The van der Waals surface area contributed by atoms with Gasteiger partial charge in [-0.05, 0) is 36.9 Å². The zero-order chi connectivity index (χ0) is 15.1. The number of rotatable bonds is 6. The summed E-state index contributed by atoms with van der Waals surface area (Å²) in [4.78, 5) is 2.50. The highest BCUT2D eigenvalue weighted by atomic mass is 16.5. The fourth-order valence-corrected chi connectivity index (χ4v) is 2.75. The third-order valence-electron chi connectivity index (χ3n) is 3.85. The number of nitrogens with one attached hydrogen (secondary N) is 1. The zero-order valence-corrected chi connectivity index (χ0v) is 13.8. The molecule has 1 atom stereocenters. The van der Waals surface area contributed by atoms with Gasteiger partial charge in [-0.1, -0.05) is 38.1 Å². The average Bonchev–Trinajstić information content (AvgIpc) is 2.65. The minimum atomic E-state index is 0.354. The second kappa shape index (κ2) is 8.52. The molecule has 1 saturated heterocycles. The maximum atomic E-state index is 5.70. The average molecular weight is 290 g/mol. The summed E-state index contributed by atoms with van der Waals surface area (Å²) in [5.74, 6) is 0.705. The molecule has 1 aliphatic rings. The maximum absolute atomic E-state index is 5.70. The van der Waals surface area contributed by atoms with Crippen molar-refractivity contribution >= 4 is 0 Å². The summed E-state index contributed by atoms with van der Waals surface area (Å²) in [5, 5.41) is 3.49. The van der Waals surface area contributed by atoms with Crippen molar-refractivity contribution in [3.63, 3.8) is 0 Å². The van der Waals surface area contributed by atoms with Crippen LogP contribution in [0.25, 0.3) is 0 Å². The van der Waals surface area contributed by atoms with Gasteiger partial charge in [-0.2, -0.15) is 0 Å². The Balaban J connectivity index is 1.81. The van der Waals surface area contributed by atoms with E-state index in [1.54, 1.807) is 0 Å². The van der Waals surface area contributed by atoms with Crippen LogP contribution in [0, 0.1) is 5.92 Å². The molecule has 1 aromatic carbocycles. The van der Waals surface area contributed by atoms with Gasteiger partial charge in [0, 0.05) is 32.8 Å².